The van der Waals surface area contributed by atoms with Crippen molar-refractivity contribution in [1.29, 1.82) is 0 Å². The molecule has 1 saturated heterocycles. The molecule has 2 rings (SSSR count). The van der Waals surface area contributed by atoms with Crippen LogP contribution in [0.25, 0.3) is 6.08 Å². The van der Waals surface area contributed by atoms with Crippen LogP contribution in [0.3, 0.4) is 0 Å². The van der Waals surface area contributed by atoms with Crippen LogP contribution in [-0.4, -0.2) is 72.9 Å². The van der Waals surface area contributed by atoms with Gasteiger partial charge in [-0.15, -0.1) is 0 Å². The number of carbonyl (C=O) groups excluding carboxylic acids is 4. The summed E-state index contributed by atoms with van der Waals surface area (Å²) < 4.78 is 32.5. The van der Waals surface area contributed by atoms with Crippen LogP contribution in [0.4, 0.5) is 0 Å². The normalized spacial score (nSPS) is 24.3. The van der Waals surface area contributed by atoms with Gasteiger partial charge in [-0.1, -0.05) is 24.3 Å². The van der Waals surface area contributed by atoms with E-state index in [1.54, 1.807) is 24.3 Å². The minimum absolute atomic E-state index is 0.00534. The predicted molar refractivity (Wildman–Crippen MR) is 115 cm³/mol. The van der Waals surface area contributed by atoms with Gasteiger partial charge in [-0.3, -0.25) is 19.2 Å². The van der Waals surface area contributed by atoms with Crippen molar-refractivity contribution in [2.45, 2.75) is 58.4 Å². The molecular weight excluding hydrogens is 452 g/mol. The summed E-state index contributed by atoms with van der Waals surface area (Å²) in [6.07, 6.45) is -2.74. The van der Waals surface area contributed by atoms with Crippen molar-refractivity contribution in [2.24, 2.45) is 0 Å². The van der Waals surface area contributed by atoms with Crippen LogP contribution < -0.4 is 0 Å². The molecule has 0 radical (unpaired) electrons. The fraction of sp³-hybridized carbons (Fsp3) is 0.478. The smallest absolute Gasteiger partial charge is 0.303 e. The molecule has 1 heterocycles. The average Bonchev–Trinajstić information content (AvgIpc) is 2.74. The fourth-order valence-corrected chi connectivity index (χ4v) is 3.24. The minimum Gasteiger partial charge on any atom is -0.508 e. The Labute approximate surface area is 196 Å². The Morgan fingerprint density at radius 1 is 0.853 bits per heavy atom. The van der Waals surface area contributed by atoms with Gasteiger partial charge < -0.3 is 33.5 Å². The summed E-state index contributed by atoms with van der Waals surface area (Å²) in [5.41, 5.74) is 0.794. The molecule has 11 nitrogen and oxygen atoms in total. The van der Waals surface area contributed by atoms with Crippen LogP contribution in [0.1, 0.15) is 33.3 Å². The molecule has 0 spiro atoms. The SMILES string of the molecule is CC(=O)OCC1O[C@@H](OC/C=C/c2ccc(O)cc2)C(OC(C)=O)C(OC(C)=O)[C@@H]1OC(C)=O. The first-order valence-corrected chi connectivity index (χ1v) is 10.4. The maximum absolute atomic E-state index is 11.8. The molecule has 1 fully saturated rings. The lowest BCUT2D eigenvalue weighted by Gasteiger charge is -2.43. The number of phenols is 1. The molecule has 0 aromatic heterocycles. The van der Waals surface area contributed by atoms with Crippen molar-refractivity contribution in [3.63, 3.8) is 0 Å². The van der Waals surface area contributed by atoms with Crippen molar-refractivity contribution in [1.82, 2.24) is 0 Å². The van der Waals surface area contributed by atoms with Crippen molar-refractivity contribution in [3.05, 3.63) is 35.9 Å². The first kappa shape index (κ1) is 26.8. The average molecular weight is 480 g/mol. The third-order valence-electron chi connectivity index (χ3n) is 4.51. The molecule has 5 atom stereocenters. The maximum atomic E-state index is 11.8. The van der Waals surface area contributed by atoms with Crippen molar-refractivity contribution in [3.8, 4) is 5.75 Å². The Bertz CT molecular complexity index is 893. The molecule has 0 amide bonds. The van der Waals surface area contributed by atoms with Gasteiger partial charge in [0.1, 0.15) is 18.5 Å². The van der Waals surface area contributed by atoms with Gasteiger partial charge in [-0.05, 0) is 17.7 Å². The van der Waals surface area contributed by atoms with Crippen LogP contribution in [-0.2, 0) is 47.6 Å². The van der Waals surface area contributed by atoms with Crippen LogP contribution in [0.15, 0.2) is 30.3 Å². The highest BCUT2D eigenvalue weighted by Gasteiger charge is 2.52. The molecule has 1 N–H and O–H groups in total. The lowest BCUT2D eigenvalue weighted by atomic mass is 9.98. The topological polar surface area (TPSA) is 144 Å². The van der Waals surface area contributed by atoms with Crippen molar-refractivity contribution < 1.29 is 52.7 Å². The standard InChI is InChI=1S/C23H28O11/c1-13(24)30-12-19-20(31-14(2)25)21(32-15(3)26)22(33-16(4)27)23(34-19)29-11-5-6-17-7-9-18(28)10-8-17/h5-10,19-23,28H,11-12H2,1-4H3/b6-5+/t19?,20-,21?,22?,23-/m1/s1. The van der Waals surface area contributed by atoms with E-state index in [1.807, 2.05) is 0 Å². The number of carbonyl (C=O) groups is 4. The van der Waals surface area contributed by atoms with Gasteiger partial charge in [0.15, 0.2) is 24.6 Å². The summed E-state index contributed by atoms with van der Waals surface area (Å²) in [4.78, 5) is 46.6. The first-order valence-electron chi connectivity index (χ1n) is 10.4. The maximum Gasteiger partial charge on any atom is 0.303 e. The van der Waals surface area contributed by atoms with Gasteiger partial charge in [0.05, 0.1) is 6.61 Å². The van der Waals surface area contributed by atoms with Crippen molar-refractivity contribution >= 4 is 30.0 Å². The molecule has 0 aliphatic carbocycles. The third kappa shape index (κ3) is 8.49. The second-order valence-electron chi connectivity index (χ2n) is 7.39. The molecule has 1 aliphatic heterocycles. The molecule has 0 saturated carbocycles. The lowest BCUT2D eigenvalue weighted by Crippen LogP contribution is -2.62. The summed E-state index contributed by atoms with van der Waals surface area (Å²) >= 11 is 0. The minimum atomic E-state index is -1.29. The van der Waals surface area contributed by atoms with Crippen LogP contribution in [0.2, 0.25) is 0 Å². The Kier molecular flexibility index (Phi) is 10.0. The quantitative estimate of drug-likeness (QED) is 0.405. The number of hydrogen-bond acceptors (Lipinski definition) is 11. The van der Waals surface area contributed by atoms with Gasteiger partial charge >= 0.3 is 23.9 Å². The largest absolute Gasteiger partial charge is 0.508 e. The number of aromatic hydroxyl groups is 1. The molecular formula is C23H28O11. The monoisotopic (exact) mass is 480 g/mol. The summed E-state index contributed by atoms with van der Waals surface area (Å²) in [6.45, 7) is 4.29. The summed E-state index contributed by atoms with van der Waals surface area (Å²) in [7, 11) is 0. The molecule has 3 unspecified atom stereocenters. The van der Waals surface area contributed by atoms with Crippen LogP contribution >= 0.6 is 0 Å². The Hall–Kier alpha value is -3.44. The van der Waals surface area contributed by atoms with E-state index in [0.29, 0.717) is 0 Å². The third-order valence-corrected chi connectivity index (χ3v) is 4.51. The Balaban J connectivity index is 2.27. The molecule has 11 heteroatoms. The molecule has 1 aromatic carbocycles. The van der Waals surface area contributed by atoms with E-state index in [1.165, 1.54) is 19.1 Å². The van der Waals surface area contributed by atoms with Gasteiger partial charge in [-0.25, -0.2) is 0 Å². The highest BCUT2D eigenvalue weighted by Crippen LogP contribution is 2.30. The van der Waals surface area contributed by atoms with Crippen LogP contribution in [0, 0.1) is 0 Å². The molecule has 1 aliphatic rings. The van der Waals surface area contributed by atoms with E-state index in [2.05, 4.69) is 0 Å². The van der Waals surface area contributed by atoms with E-state index in [-0.39, 0.29) is 19.0 Å². The number of esters is 4. The zero-order valence-electron chi connectivity index (χ0n) is 19.3. The van der Waals surface area contributed by atoms with E-state index >= 15 is 0 Å². The van der Waals surface area contributed by atoms with E-state index in [9.17, 15) is 24.3 Å². The van der Waals surface area contributed by atoms with Gasteiger partial charge in [0.2, 0.25) is 0 Å². The van der Waals surface area contributed by atoms with E-state index in [0.717, 1.165) is 26.3 Å². The van der Waals surface area contributed by atoms with Crippen molar-refractivity contribution in [2.75, 3.05) is 13.2 Å². The zero-order valence-corrected chi connectivity index (χ0v) is 19.3. The second-order valence-corrected chi connectivity index (χ2v) is 7.39. The Morgan fingerprint density at radius 2 is 1.41 bits per heavy atom. The van der Waals surface area contributed by atoms with Gasteiger partial charge in [0, 0.05) is 27.7 Å². The number of phenolic OH excluding ortho intramolecular Hbond substituents is 1. The number of hydrogen-bond donors (Lipinski definition) is 1. The molecule has 1 aromatic rings. The summed E-state index contributed by atoms with van der Waals surface area (Å²) in [6, 6.07) is 6.44. The highest BCUT2D eigenvalue weighted by molar-refractivity contribution is 5.68. The second kappa shape index (κ2) is 12.7. The highest BCUT2D eigenvalue weighted by atomic mass is 16.7. The molecule has 0 bridgehead atoms. The van der Waals surface area contributed by atoms with E-state index in [4.69, 9.17) is 28.4 Å². The first-order chi connectivity index (χ1) is 16.1. The summed E-state index contributed by atoms with van der Waals surface area (Å²) in [5, 5.41) is 9.36. The predicted octanol–water partition coefficient (Wildman–Crippen LogP) is 1.51. The van der Waals surface area contributed by atoms with E-state index < -0.39 is 54.6 Å². The number of benzene rings is 1. The lowest BCUT2D eigenvalue weighted by molar-refractivity contribution is -0.305. The zero-order chi connectivity index (χ0) is 25.3. The number of rotatable bonds is 9. The Morgan fingerprint density at radius 3 is 1.97 bits per heavy atom. The fourth-order valence-electron chi connectivity index (χ4n) is 3.24. The van der Waals surface area contributed by atoms with Gasteiger partial charge in [-0.2, -0.15) is 0 Å². The molecule has 34 heavy (non-hydrogen) atoms. The van der Waals surface area contributed by atoms with Crippen LogP contribution in [0.5, 0.6) is 5.75 Å². The molecule has 186 valence electrons. The number of ether oxygens (including phenoxy) is 6. The summed E-state index contributed by atoms with van der Waals surface area (Å²) in [5.74, 6) is -2.62. The van der Waals surface area contributed by atoms with Gasteiger partial charge in [0.25, 0.3) is 0 Å².